The van der Waals surface area contributed by atoms with Crippen LogP contribution in [0.2, 0.25) is 0 Å². The fourth-order valence-electron chi connectivity index (χ4n) is 2.04. The summed E-state index contributed by atoms with van der Waals surface area (Å²) in [5.41, 5.74) is 2.15. The van der Waals surface area contributed by atoms with Crippen LogP contribution in [0.1, 0.15) is 10.4 Å². The van der Waals surface area contributed by atoms with Gasteiger partial charge in [-0.15, -0.1) is 0 Å². The maximum Gasteiger partial charge on any atom is 0.335 e. The molecule has 0 radical (unpaired) electrons. The number of carboxylic acid groups (broad SMARTS) is 1. The van der Waals surface area contributed by atoms with Crippen molar-refractivity contribution in [3.63, 3.8) is 0 Å². The van der Waals surface area contributed by atoms with Crippen LogP contribution in [0.25, 0.3) is 16.9 Å². The Bertz CT molecular complexity index is 795. The Hall–Kier alpha value is -2.89. The third-order valence-electron chi connectivity index (χ3n) is 2.99. The zero-order chi connectivity index (χ0) is 14.1. The van der Waals surface area contributed by atoms with E-state index in [0.717, 1.165) is 5.52 Å². The Morgan fingerprint density at radius 3 is 2.90 bits per heavy atom. The summed E-state index contributed by atoms with van der Waals surface area (Å²) in [4.78, 5) is 19.6. The van der Waals surface area contributed by atoms with Crippen LogP contribution in [-0.4, -0.2) is 32.7 Å². The van der Waals surface area contributed by atoms with Crippen LogP contribution < -0.4 is 4.74 Å². The van der Waals surface area contributed by atoms with Gasteiger partial charge in [-0.25, -0.2) is 14.8 Å². The summed E-state index contributed by atoms with van der Waals surface area (Å²) >= 11 is 0. The minimum absolute atomic E-state index is 0.179. The lowest BCUT2D eigenvalue weighted by Gasteiger charge is -2.10. The number of benzene rings is 1. The van der Waals surface area contributed by atoms with E-state index < -0.39 is 5.97 Å². The van der Waals surface area contributed by atoms with Gasteiger partial charge in [0.25, 0.3) is 0 Å². The first kappa shape index (κ1) is 12.2. The number of hydrogen-bond donors (Lipinski definition) is 1. The summed E-state index contributed by atoms with van der Waals surface area (Å²) in [6, 6.07) is 8.29. The number of hydrogen-bond acceptors (Lipinski definition) is 4. The van der Waals surface area contributed by atoms with Crippen LogP contribution >= 0.6 is 0 Å². The van der Waals surface area contributed by atoms with Crippen LogP contribution in [0.4, 0.5) is 0 Å². The van der Waals surface area contributed by atoms with E-state index in [9.17, 15) is 4.79 Å². The van der Waals surface area contributed by atoms with Crippen LogP contribution in [0.15, 0.2) is 42.9 Å². The van der Waals surface area contributed by atoms with Gasteiger partial charge < -0.3 is 9.84 Å². The summed E-state index contributed by atoms with van der Waals surface area (Å²) in [7, 11) is 1.53. The van der Waals surface area contributed by atoms with Gasteiger partial charge in [0.2, 0.25) is 0 Å². The van der Waals surface area contributed by atoms with Gasteiger partial charge in [0.1, 0.15) is 17.6 Å². The molecule has 100 valence electrons. The number of ether oxygens (including phenoxy) is 1. The van der Waals surface area contributed by atoms with Crippen molar-refractivity contribution in [1.82, 2.24) is 14.5 Å². The van der Waals surface area contributed by atoms with Crippen molar-refractivity contribution < 1.29 is 14.6 Å². The number of methoxy groups -OCH3 is 1. The van der Waals surface area contributed by atoms with Crippen LogP contribution in [0, 0.1) is 0 Å². The Morgan fingerprint density at radius 1 is 1.30 bits per heavy atom. The molecule has 0 saturated heterocycles. The predicted octanol–water partition coefficient (Wildman–Crippen LogP) is 2.13. The molecule has 3 aromatic rings. The van der Waals surface area contributed by atoms with Gasteiger partial charge in [0.15, 0.2) is 5.65 Å². The van der Waals surface area contributed by atoms with Gasteiger partial charge in [0.05, 0.1) is 18.4 Å². The monoisotopic (exact) mass is 269 g/mol. The van der Waals surface area contributed by atoms with Gasteiger partial charge in [-0.05, 0) is 30.3 Å². The first-order valence-electron chi connectivity index (χ1n) is 5.90. The van der Waals surface area contributed by atoms with Gasteiger partial charge in [0, 0.05) is 6.20 Å². The van der Waals surface area contributed by atoms with Gasteiger partial charge in [-0.3, -0.25) is 4.57 Å². The molecule has 1 N–H and O–H groups in total. The van der Waals surface area contributed by atoms with Gasteiger partial charge in [-0.1, -0.05) is 0 Å². The molecule has 0 spiro atoms. The normalized spacial score (nSPS) is 10.7. The number of aromatic carboxylic acids is 1. The number of carboxylic acids is 1. The molecule has 20 heavy (non-hydrogen) atoms. The van der Waals surface area contributed by atoms with E-state index in [4.69, 9.17) is 9.84 Å². The molecule has 6 heteroatoms. The molecule has 0 bridgehead atoms. The molecule has 0 saturated carbocycles. The Labute approximate surface area is 114 Å². The molecule has 0 amide bonds. The molecule has 6 nitrogen and oxygen atoms in total. The average Bonchev–Trinajstić information content (AvgIpc) is 2.90. The lowest BCUT2D eigenvalue weighted by atomic mass is 10.2. The minimum Gasteiger partial charge on any atom is -0.495 e. The number of imidazole rings is 1. The first-order chi connectivity index (χ1) is 9.70. The number of rotatable bonds is 3. The second-order valence-corrected chi connectivity index (χ2v) is 4.15. The number of fused-ring (bicyclic) bond motifs is 1. The highest BCUT2D eigenvalue weighted by atomic mass is 16.5. The average molecular weight is 269 g/mol. The minimum atomic E-state index is -0.994. The SMILES string of the molecule is COc1ccc(C(=O)O)cc1-n1cnc2cccnc21. The van der Waals surface area contributed by atoms with E-state index in [0.29, 0.717) is 17.1 Å². The molecule has 2 heterocycles. The quantitative estimate of drug-likeness (QED) is 0.788. The summed E-state index contributed by atoms with van der Waals surface area (Å²) in [6.45, 7) is 0. The van der Waals surface area contributed by atoms with E-state index >= 15 is 0 Å². The van der Waals surface area contributed by atoms with Crippen LogP contribution in [0.3, 0.4) is 0 Å². The Kier molecular flexibility index (Phi) is 2.83. The molecule has 0 aliphatic carbocycles. The summed E-state index contributed by atoms with van der Waals surface area (Å²) in [5.74, 6) is -0.439. The lowest BCUT2D eigenvalue weighted by Crippen LogP contribution is -2.02. The maximum absolute atomic E-state index is 11.1. The third-order valence-corrected chi connectivity index (χ3v) is 2.99. The van der Waals surface area contributed by atoms with Crippen molar-refractivity contribution in [2.75, 3.05) is 7.11 Å². The van der Waals surface area contributed by atoms with Gasteiger partial charge >= 0.3 is 5.97 Å². The van der Waals surface area contributed by atoms with Crippen molar-refractivity contribution in [1.29, 1.82) is 0 Å². The van der Waals surface area contributed by atoms with E-state index in [-0.39, 0.29) is 5.56 Å². The second-order valence-electron chi connectivity index (χ2n) is 4.15. The smallest absolute Gasteiger partial charge is 0.335 e. The van der Waals surface area contributed by atoms with Crippen LogP contribution in [-0.2, 0) is 0 Å². The van der Waals surface area contributed by atoms with E-state index in [1.54, 1.807) is 29.2 Å². The molecule has 0 fully saturated rings. The maximum atomic E-state index is 11.1. The molecule has 3 rings (SSSR count). The first-order valence-corrected chi connectivity index (χ1v) is 5.90. The topological polar surface area (TPSA) is 77.2 Å². The Balaban J connectivity index is 2.27. The van der Waals surface area contributed by atoms with E-state index in [1.807, 2.05) is 6.07 Å². The number of carbonyl (C=O) groups is 1. The van der Waals surface area contributed by atoms with Crippen molar-refractivity contribution in [3.05, 3.63) is 48.4 Å². The highest BCUT2D eigenvalue weighted by Gasteiger charge is 2.13. The van der Waals surface area contributed by atoms with E-state index in [2.05, 4.69) is 9.97 Å². The molecule has 1 aromatic carbocycles. The molecule has 0 atom stereocenters. The largest absolute Gasteiger partial charge is 0.495 e. The summed E-state index contributed by atoms with van der Waals surface area (Å²) in [5, 5.41) is 9.10. The molecule has 0 unspecified atom stereocenters. The molecular formula is C14H11N3O3. The van der Waals surface area contributed by atoms with E-state index in [1.165, 1.54) is 19.2 Å². The van der Waals surface area contributed by atoms with Crippen molar-refractivity contribution in [2.45, 2.75) is 0 Å². The van der Waals surface area contributed by atoms with Gasteiger partial charge in [-0.2, -0.15) is 0 Å². The zero-order valence-electron chi connectivity index (χ0n) is 10.6. The third kappa shape index (κ3) is 1.87. The summed E-state index contributed by atoms with van der Waals surface area (Å²) < 4.78 is 6.99. The number of pyridine rings is 1. The molecule has 0 aliphatic rings. The Morgan fingerprint density at radius 2 is 2.15 bits per heavy atom. The number of aromatic nitrogens is 3. The predicted molar refractivity (Wildman–Crippen MR) is 72.4 cm³/mol. The number of nitrogens with zero attached hydrogens (tertiary/aromatic N) is 3. The molecule has 2 aromatic heterocycles. The highest BCUT2D eigenvalue weighted by molar-refractivity contribution is 5.89. The fourth-order valence-corrected chi connectivity index (χ4v) is 2.04. The molecular weight excluding hydrogens is 258 g/mol. The summed E-state index contributed by atoms with van der Waals surface area (Å²) in [6.07, 6.45) is 3.26. The van der Waals surface area contributed by atoms with Crippen molar-refractivity contribution in [3.8, 4) is 11.4 Å². The standard InChI is InChI=1S/C14H11N3O3/c1-20-12-5-4-9(14(18)19)7-11(12)17-8-16-10-3-2-6-15-13(10)17/h2-8H,1H3,(H,18,19). The van der Waals surface area contributed by atoms with Crippen LogP contribution in [0.5, 0.6) is 5.75 Å². The second kappa shape index (κ2) is 4.65. The zero-order valence-corrected chi connectivity index (χ0v) is 10.6. The lowest BCUT2D eigenvalue weighted by molar-refractivity contribution is 0.0697. The van der Waals surface area contributed by atoms with Crippen molar-refractivity contribution in [2.24, 2.45) is 0 Å². The highest BCUT2D eigenvalue weighted by Crippen LogP contribution is 2.26. The fraction of sp³-hybridized carbons (Fsp3) is 0.0714. The van der Waals surface area contributed by atoms with Crippen molar-refractivity contribution >= 4 is 17.1 Å². The molecule has 0 aliphatic heterocycles.